The van der Waals surface area contributed by atoms with E-state index in [1.54, 1.807) is 0 Å². The summed E-state index contributed by atoms with van der Waals surface area (Å²) in [4.78, 5) is 25.3. The third kappa shape index (κ3) is 5.31. The van der Waals surface area contributed by atoms with E-state index in [1.807, 2.05) is 103 Å². The Balaban J connectivity index is 1.36. The summed E-state index contributed by atoms with van der Waals surface area (Å²) in [5.41, 5.74) is 7.26. The first-order chi connectivity index (χ1) is 22.8. The van der Waals surface area contributed by atoms with Gasteiger partial charge in [0.1, 0.15) is 0 Å². The normalized spacial score (nSPS) is 11.0. The van der Waals surface area contributed by atoms with E-state index in [1.165, 1.54) is 0 Å². The van der Waals surface area contributed by atoms with Crippen molar-refractivity contribution in [3.05, 3.63) is 164 Å². The summed E-state index contributed by atoms with van der Waals surface area (Å²) >= 11 is 0. The molecule has 46 heavy (non-hydrogen) atoms. The SMILES string of the molecule is c1ccc(-c2cc(-c3cccc4ccccc34)nc(-c3ccccc3-c3nc(-c4ccccc4)nc(-c4ccccc4)n3)n2)cc1. The van der Waals surface area contributed by atoms with Gasteiger partial charge in [0.2, 0.25) is 0 Å². The molecule has 0 bridgehead atoms. The van der Waals surface area contributed by atoms with Crippen LogP contribution in [-0.4, -0.2) is 24.9 Å². The van der Waals surface area contributed by atoms with E-state index in [2.05, 4.69) is 60.7 Å². The molecule has 0 radical (unpaired) electrons. The van der Waals surface area contributed by atoms with E-state index < -0.39 is 0 Å². The highest BCUT2D eigenvalue weighted by Crippen LogP contribution is 2.35. The predicted octanol–water partition coefficient (Wildman–Crippen LogP) is 9.82. The average Bonchev–Trinajstić information content (AvgIpc) is 3.15. The molecule has 0 N–H and O–H groups in total. The summed E-state index contributed by atoms with van der Waals surface area (Å²) in [6.45, 7) is 0. The molecule has 0 unspecified atom stereocenters. The maximum Gasteiger partial charge on any atom is 0.164 e. The van der Waals surface area contributed by atoms with E-state index in [-0.39, 0.29) is 0 Å². The van der Waals surface area contributed by atoms with Crippen molar-refractivity contribution in [1.82, 2.24) is 24.9 Å². The van der Waals surface area contributed by atoms with Crippen LogP contribution in [0.25, 0.3) is 78.8 Å². The van der Waals surface area contributed by atoms with Gasteiger partial charge in [-0.2, -0.15) is 0 Å². The summed E-state index contributed by atoms with van der Waals surface area (Å²) in [6.07, 6.45) is 0. The number of fused-ring (bicyclic) bond motifs is 1. The highest BCUT2D eigenvalue weighted by molar-refractivity contribution is 5.96. The molecular formula is C41H27N5. The van der Waals surface area contributed by atoms with Crippen LogP contribution >= 0.6 is 0 Å². The van der Waals surface area contributed by atoms with Gasteiger partial charge in [0.15, 0.2) is 23.3 Å². The standard InChI is InChI=1S/C41H27N5/c1-4-16-29(17-5-1)36-27-37(33-26-14-22-28-15-10-11-23-32(28)33)43-40(42-36)34-24-12-13-25-35(34)41-45-38(30-18-6-2-7-19-30)44-39(46-41)31-20-8-3-9-21-31/h1-27H. The molecular weight excluding hydrogens is 562 g/mol. The van der Waals surface area contributed by atoms with Gasteiger partial charge in [-0.3, -0.25) is 0 Å². The third-order valence-electron chi connectivity index (χ3n) is 7.97. The van der Waals surface area contributed by atoms with Gasteiger partial charge in [-0.15, -0.1) is 0 Å². The van der Waals surface area contributed by atoms with Gasteiger partial charge in [-0.05, 0) is 16.8 Å². The molecule has 0 amide bonds. The second-order valence-electron chi connectivity index (χ2n) is 10.9. The van der Waals surface area contributed by atoms with Gasteiger partial charge >= 0.3 is 0 Å². The Hall–Kier alpha value is -6.33. The highest BCUT2D eigenvalue weighted by Gasteiger charge is 2.19. The van der Waals surface area contributed by atoms with Crippen molar-refractivity contribution in [3.8, 4) is 68.1 Å². The lowest BCUT2D eigenvalue weighted by atomic mass is 10.00. The van der Waals surface area contributed by atoms with Gasteiger partial charge in [0.05, 0.1) is 11.4 Å². The van der Waals surface area contributed by atoms with Crippen molar-refractivity contribution < 1.29 is 0 Å². The highest BCUT2D eigenvalue weighted by atomic mass is 15.0. The van der Waals surface area contributed by atoms with E-state index in [4.69, 9.17) is 24.9 Å². The van der Waals surface area contributed by atoms with Crippen molar-refractivity contribution in [2.45, 2.75) is 0 Å². The van der Waals surface area contributed by atoms with Gasteiger partial charge in [-0.1, -0.05) is 158 Å². The monoisotopic (exact) mass is 589 g/mol. The number of hydrogen-bond acceptors (Lipinski definition) is 5. The van der Waals surface area contributed by atoms with Crippen LogP contribution in [-0.2, 0) is 0 Å². The maximum atomic E-state index is 5.21. The Kier molecular flexibility index (Phi) is 7.09. The molecule has 0 aliphatic heterocycles. The fourth-order valence-electron chi connectivity index (χ4n) is 5.71. The first-order valence-corrected chi connectivity index (χ1v) is 15.2. The van der Waals surface area contributed by atoms with Crippen molar-refractivity contribution in [2.75, 3.05) is 0 Å². The zero-order chi connectivity index (χ0) is 30.7. The molecule has 216 valence electrons. The third-order valence-corrected chi connectivity index (χ3v) is 7.97. The molecule has 8 rings (SSSR count). The number of hydrogen-bond donors (Lipinski definition) is 0. The zero-order valence-corrected chi connectivity index (χ0v) is 24.8. The maximum absolute atomic E-state index is 5.21. The Morgan fingerprint density at radius 1 is 0.283 bits per heavy atom. The van der Waals surface area contributed by atoms with Crippen LogP contribution in [0.4, 0.5) is 0 Å². The molecule has 0 spiro atoms. The van der Waals surface area contributed by atoms with Crippen LogP contribution in [0.5, 0.6) is 0 Å². The summed E-state index contributed by atoms with van der Waals surface area (Å²) in [5.74, 6) is 2.37. The Labute approximate surface area is 267 Å². The molecule has 8 aromatic rings. The largest absolute Gasteiger partial charge is 0.228 e. The van der Waals surface area contributed by atoms with Crippen molar-refractivity contribution in [3.63, 3.8) is 0 Å². The quantitative estimate of drug-likeness (QED) is 0.193. The Morgan fingerprint density at radius 3 is 1.35 bits per heavy atom. The molecule has 2 aromatic heterocycles. The minimum Gasteiger partial charge on any atom is -0.228 e. The smallest absolute Gasteiger partial charge is 0.164 e. The van der Waals surface area contributed by atoms with Gasteiger partial charge in [0, 0.05) is 33.4 Å². The van der Waals surface area contributed by atoms with Crippen LogP contribution in [0.1, 0.15) is 0 Å². The fraction of sp³-hybridized carbons (Fsp3) is 0. The molecule has 0 saturated heterocycles. The zero-order valence-electron chi connectivity index (χ0n) is 24.8. The van der Waals surface area contributed by atoms with Crippen molar-refractivity contribution in [1.29, 1.82) is 0 Å². The van der Waals surface area contributed by atoms with Crippen LogP contribution in [0, 0.1) is 0 Å². The van der Waals surface area contributed by atoms with E-state index in [0.717, 1.165) is 55.5 Å². The number of nitrogens with zero attached hydrogens (tertiary/aromatic N) is 5. The van der Waals surface area contributed by atoms with E-state index >= 15 is 0 Å². The van der Waals surface area contributed by atoms with Gasteiger partial charge in [0.25, 0.3) is 0 Å². The minimum absolute atomic E-state index is 0.559. The van der Waals surface area contributed by atoms with Crippen LogP contribution < -0.4 is 0 Å². The minimum atomic E-state index is 0.559. The van der Waals surface area contributed by atoms with Crippen molar-refractivity contribution >= 4 is 10.8 Å². The van der Waals surface area contributed by atoms with E-state index in [9.17, 15) is 0 Å². The Morgan fingerprint density at radius 2 is 0.717 bits per heavy atom. The number of aromatic nitrogens is 5. The molecule has 5 nitrogen and oxygen atoms in total. The van der Waals surface area contributed by atoms with Gasteiger partial charge < -0.3 is 0 Å². The first-order valence-electron chi connectivity index (χ1n) is 15.2. The lowest BCUT2D eigenvalue weighted by Crippen LogP contribution is -2.02. The second kappa shape index (κ2) is 12.0. The van der Waals surface area contributed by atoms with Crippen LogP contribution in [0.15, 0.2) is 164 Å². The Bertz CT molecular complexity index is 2240. The molecule has 0 saturated carbocycles. The second-order valence-corrected chi connectivity index (χ2v) is 10.9. The number of rotatable bonds is 6. The average molecular weight is 590 g/mol. The summed E-state index contributed by atoms with van der Waals surface area (Å²) in [6, 6.07) is 55.1. The molecule has 5 heteroatoms. The summed E-state index contributed by atoms with van der Waals surface area (Å²) in [7, 11) is 0. The molecule has 0 atom stereocenters. The predicted molar refractivity (Wildman–Crippen MR) is 186 cm³/mol. The van der Waals surface area contributed by atoms with E-state index in [0.29, 0.717) is 23.3 Å². The van der Waals surface area contributed by atoms with Gasteiger partial charge in [-0.25, -0.2) is 24.9 Å². The fourth-order valence-corrected chi connectivity index (χ4v) is 5.71. The molecule has 0 aliphatic carbocycles. The number of benzene rings is 6. The lowest BCUT2D eigenvalue weighted by molar-refractivity contribution is 1.07. The molecule has 6 aromatic carbocycles. The summed E-state index contributed by atoms with van der Waals surface area (Å²) < 4.78 is 0. The molecule has 2 heterocycles. The molecule has 0 fully saturated rings. The first kappa shape index (κ1) is 27.2. The summed E-state index contributed by atoms with van der Waals surface area (Å²) in [5, 5.41) is 2.30. The van der Waals surface area contributed by atoms with Crippen LogP contribution in [0.2, 0.25) is 0 Å². The van der Waals surface area contributed by atoms with Crippen molar-refractivity contribution in [2.24, 2.45) is 0 Å². The lowest BCUT2D eigenvalue weighted by Gasteiger charge is -2.14. The molecule has 0 aliphatic rings. The van der Waals surface area contributed by atoms with Crippen LogP contribution in [0.3, 0.4) is 0 Å². The topological polar surface area (TPSA) is 64.5 Å².